The van der Waals surface area contributed by atoms with Gasteiger partial charge in [-0.15, -0.1) is 10.2 Å². The molecule has 0 atom stereocenters. The molecule has 5 aromatic rings. The van der Waals surface area contributed by atoms with Crippen molar-refractivity contribution in [2.45, 2.75) is 5.16 Å². The Bertz CT molecular complexity index is 1570. The van der Waals surface area contributed by atoms with Crippen LogP contribution in [0.25, 0.3) is 22.0 Å². The minimum absolute atomic E-state index is 0.220. The highest BCUT2D eigenvalue weighted by Crippen LogP contribution is 2.46. The Morgan fingerprint density at radius 3 is 2.03 bits per heavy atom. The van der Waals surface area contributed by atoms with Crippen molar-refractivity contribution < 1.29 is 4.79 Å². The van der Waals surface area contributed by atoms with Crippen LogP contribution in [0.2, 0.25) is 0 Å². The summed E-state index contributed by atoms with van der Waals surface area (Å²) in [6.07, 6.45) is 3.23. The van der Waals surface area contributed by atoms with Gasteiger partial charge in [0.05, 0.1) is 5.70 Å². The molecule has 7 nitrogen and oxygen atoms in total. The summed E-state index contributed by atoms with van der Waals surface area (Å²) in [4.78, 5) is 19.2. The maximum atomic E-state index is 14.2. The summed E-state index contributed by atoms with van der Waals surface area (Å²) in [7, 11) is 0. The van der Waals surface area contributed by atoms with Gasteiger partial charge in [0.2, 0.25) is 5.16 Å². The Morgan fingerprint density at radius 2 is 1.36 bits per heavy atom. The molecular formula is C28H20N6OS. The van der Waals surface area contributed by atoms with E-state index in [2.05, 4.69) is 15.2 Å². The predicted octanol–water partition coefficient (Wildman–Crippen LogP) is 5.33. The minimum Gasteiger partial charge on any atom is -0.399 e. The molecule has 1 aliphatic heterocycles. The fraction of sp³-hybridized carbons (Fsp3) is 0. The van der Waals surface area contributed by atoms with Crippen LogP contribution < -0.4 is 10.7 Å². The zero-order valence-electron chi connectivity index (χ0n) is 19.0. The van der Waals surface area contributed by atoms with E-state index >= 15 is 0 Å². The van der Waals surface area contributed by atoms with Gasteiger partial charge in [-0.25, -0.2) is 5.01 Å². The number of anilines is 1. The van der Waals surface area contributed by atoms with Crippen molar-refractivity contribution in [3.63, 3.8) is 0 Å². The van der Waals surface area contributed by atoms with Crippen molar-refractivity contribution in [2.24, 2.45) is 0 Å². The summed E-state index contributed by atoms with van der Waals surface area (Å²) in [6, 6.07) is 30.7. The summed E-state index contributed by atoms with van der Waals surface area (Å²) in [5.74, 6) is 0.322. The molecule has 174 valence electrons. The highest BCUT2D eigenvalue weighted by atomic mass is 32.2. The van der Waals surface area contributed by atoms with Crippen LogP contribution in [0, 0.1) is 0 Å². The number of benzene rings is 3. The first-order valence-electron chi connectivity index (χ1n) is 11.3. The fourth-order valence-electron chi connectivity index (χ4n) is 4.10. The van der Waals surface area contributed by atoms with Gasteiger partial charge in [0.1, 0.15) is 0 Å². The molecule has 1 aliphatic rings. The second kappa shape index (κ2) is 9.16. The van der Waals surface area contributed by atoms with Crippen LogP contribution in [0.1, 0.15) is 21.5 Å². The second-order valence-corrected chi connectivity index (χ2v) is 9.08. The molecule has 0 saturated carbocycles. The van der Waals surface area contributed by atoms with E-state index in [-0.39, 0.29) is 5.91 Å². The maximum Gasteiger partial charge on any atom is 0.277 e. The van der Waals surface area contributed by atoms with E-state index in [4.69, 9.17) is 5.73 Å². The molecule has 6 rings (SSSR count). The molecule has 8 heteroatoms. The second-order valence-electron chi connectivity index (χ2n) is 8.10. The molecule has 0 unspecified atom stereocenters. The van der Waals surface area contributed by atoms with Crippen molar-refractivity contribution in [2.75, 3.05) is 10.7 Å². The number of hydrogen-bond donors (Lipinski definition) is 1. The number of amides is 1. The summed E-state index contributed by atoms with van der Waals surface area (Å²) < 4.78 is 1.79. The fourth-order valence-corrected chi connectivity index (χ4v) is 5.17. The number of thioether (sulfide) groups is 1. The number of carbonyl (C=O) groups is 1. The van der Waals surface area contributed by atoms with E-state index in [1.54, 1.807) is 34.2 Å². The number of nitrogen functional groups attached to an aromatic ring is 1. The molecule has 3 aromatic carbocycles. The normalized spacial score (nSPS) is 12.9. The van der Waals surface area contributed by atoms with Crippen LogP contribution in [-0.4, -0.2) is 25.8 Å². The lowest BCUT2D eigenvalue weighted by Crippen LogP contribution is -2.42. The van der Waals surface area contributed by atoms with E-state index in [9.17, 15) is 4.79 Å². The van der Waals surface area contributed by atoms with Crippen LogP contribution in [0.15, 0.2) is 115 Å². The van der Waals surface area contributed by atoms with Gasteiger partial charge >= 0.3 is 0 Å². The lowest BCUT2D eigenvalue weighted by atomic mass is 10.1. The molecule has 0 bridgehead atoms. The Balaban J connectivity index is 1.64. The standard InChI is InChI=1S/C28H20N6OS/c29-23-13-11-21(12-14-23)26-31-32-28-34(26)33(27(35)22-15-17-30-18-16-22)24(19-7-3-1-4-8-19)25(36-28)20-9-5-2-6-10-20/h1-18H,29H2. The van der Waals surface area contributed by atoms with Crippen LogP contribution in [0.3, 0.4) is 0 Å². The monoisotopic (exact) mass is 488 g/mol. The van der Waals surface area contributed by atoms with Gasteiger partial charge in [-0.3, -0.25) is 9.78 Å². The van der Waals surface area contributed by atoms with Gasteiger partial charge in [0.15, 0.2) is 5.82 Å². The molecule has 0 saturated heterocycles. The van der Waals surface area contributed by atoms with Gasteiger partial charge in [0.25, 0.3) is 5.91 Å². The Hall–Kier alpha value is -4.69. The average molecular weight is 489 g/mol. The van der Waals surface area contributed by atoms with Crippen molar-refractivity contribution in [1.82, 2.24) is 19.9 Å². The molecule has 0 radical (unpaired) electrons. The number of pyridine rings is 1. The first-order chi connectivity index (χ1) is 17.7. The Morgan fingerprint density at radius 1 is 0.722 bits per heavy atom. The Labute approximate surface area is 211 Å². The minimum atomic E-state index is -0.220. The number of nitrogens with zero attached hydrogens (tertiary/aromatic N) is 5. The maximum absolute atomic E-state index is 14.2. The summed E-state index contributed by atoms with van der Waals surface area (Å²) >= 11 is 1.49. The van der Waals surface area contributed by atoms with Gasteiger partial charge in [-0.05, 0) is 53.7 Å². The average Bonchev–Trinajstić information content (AvgIpc) is 3.37. The lowest BCUT2D eigenvalue weighted by molar-refractivity contribution is 0.0974. The third-order valence-electron chi connectivity index (χ3n) is 5.80. The van der Waals surface area contributed by atoms with Crippen molar-refractivity contribution in [3.05, 3.63) is 126 Å². The van der Waals surface area contributed by atoms with Crippen LogP contribution in [0.5, 0.6) is 0 Å². The van der Waals surface area contributed by atoms with Crippen LogP contribution in [-0.2, 0) is 0 Å². The molecule has 36 heavy (non-hydrogen) atoms. The topological polar surface area (TPSA) is 89.9 Å². The van der Waals surface area contributed by atoms with Gasteiger partial charge in [-0.1, -0.05) is 60.7 Å². The number of aromatic nitrogens is 4. The SMILES string of the molecule is Nc1ccc(-c2nnc3n2N(C(=O)c2ccncc2)C(c2ccccc2)=C(c2ccccc2)S3)cc1. The largest absolute Gasteiger partial charge is 0.399 e. The molecule has 1 amide bonds. The van der Waals surface area contributed by atoms with E-state index in [1.807, 2.05) is 84.9 Å². The zero-order chi connectivity index (χ0) is 24.5. The summed E-state index contributed by atoms with van der Waals surface area (Å²) in [5, 5.41) is 11.2. The molecule has 0 aliphatic carbocycles. The molecular weight excluding hydrogens is 468 g/mol. The van der Waals surface area contributed by atoms with Crippen LogP contribution in [0.4, 0.5) is 5.69 Å². The van der Waals surface area contributed by atoms with E-state index < -0.39 is 0 Å². The molecule has 0 fully saturated rings. The molecule has 3 heterocycles. The highest BCUT2D eigenvalue weighted by Gasteiger charge is 2.36. The summed E-state index contributed by atoms with van der Waals surface area (Å²) in [6.45, 7) is 0. The molecule has 2 N–H and O–H groups in total. The Kier molecular flexibility index (Phi) is 5.55. The van der Waals surface area contributed by atoms with Gasteiger partial charge in [0, 0.05) is 39.7 Å². The van der Waals surface area contributed by atoms with Crippen LogP contribution >= 0.6 is 11.8 Å². The molecule has 0 spiro atoms. The molecule has 2 aromatic heterocycles. The first kappa shape index (κ1) is 21.8. The number of carbonyl (C=O) groups excluding carboxylic acids is 1. The van der Waals surface area contributed by atoms with Gasteiger partial charge < -0.3 is 5.73 Å². The van der Waals surface area contributed by atoms with Crippen molar-refractivity contribution >= 4 is 34.0 Å². The van der Waals surface area contributed by atoms with E-state index in [0.717, 1.165) is 27.3 Å². The van der Waals surface area contributed by atoms with E-state index in [0.29, 0.717) is 22.2 Å². The van der Waals surface area contributed by atoms with Crippen molar-refractivity contribution in [3.8, 4) is 11.4 Å². The first-order valence-corrected chi connectivity index (χ1v) is 12.1. The van der Waals surface area contributed by atoms with E-state index in [1.165, 1.54) is 11.8 Å². The quantitative estimate of drug-likeness (QED) is 0.344. The zero-order valence-corrected chi connectivity index (χ0v) is 19.8. The smallest absolute Gasteiger partial charge is 0.277 e. The number of hydrogen-bond acceptors (Lipinski definition) is 6. The van der Waals surface area contributed by atoms with Gasteiger partial charge in [-0.2, -0.15) is 4.68 Å². The third-order valence-corrected chi connectivity index (χ3v) is 6.87. The van der Waals surface area contributed by atoms with Crippen molar-refractivity contribution in [1.29, 1.82) is 0 Å². The number of rotatable bonds is 4. The highest BCUT2D eigenvalue weighted by molar-refractivity contribution is 8.08. The number of fused-ring (bicyclic) bond motifs is 1. The number of nitrogens with two attached hydrogens (primary N) is 1. The third kappa shape index (κ3) is 3.83. The lowest BCUT2D eigenvalue weighted by Gasteiger charge is -2.34. The predicted molar refractivity (Wildman–Crippen MR) is 142 cm³/mol. The summed E-state index contributed by atoms with van der Waals surface area (Å²) in [5.41, 5.74) is 10.5.